The van der Waals surface area contributed by atoms with Crippen molar-refractivity contribution in [2.75, 3.05) is 52.5 Å². The summed E-state index contributed by atoms with van der Waals surface area (Å²) in [5.41, 5.74) is -2.58. The minimum absolute atomic E-state index is 0.0119. The lowest BCUT2D eigenvalue weighted by atomic mass is 9.98. The molecule has 2 aliphatic heterocycles. The summed E-state index contributed by atoms with van der Waals surface area (Å²) in [6.45, 7) is 9.54. The molecule has 1 amide bonds. The Bertz CT molecular complexity index is 1350. The molecule has 1 unspecified atom stereocenters. The number of rotatable bonds is 5. The lowest BCUT2D eigenvalue weighted by molar-refractivity contribution is -0.143. The highest BCUT2D eigenvalue weighted by atomic mass is 19.4. The third-order valence-electron chi connectivity index (χ3n) is 7.92. The Kier molecular flexibility index (Phi) is 9.69. The van der Waals surface area contributed by atoms with Crippen molar-refractivity contribution >= 4 is 5.91 Å². The van der Waals surface area contributed by atoms with Gasteiger partial charge >= 0.3 is 12.4 Å². The van der Waals surface area contributed by atoms with E-state index in [9.17, 15) is 36.2 Å². The van der Waals surface area contributed by atoms with Crippen LogP contribution in [0.1, 0.15) is 46.5 Å². The van der Waals surface area contributed by atoms with Crippen molar-refractivity contribution in [1.29, 1.82) is 0 Å². The van der Waals surface area contributed by atoms with Gasteiger partial charge in [-0.05, 0) is 62.6 Å². The first kappa shape index (κ1) is 32.6. The molecular weight excluding hydrogens is 576 g/mol. The average molecular weight is 612 g/mol. The minimum atomic E-state index is -5.07. The molecule has 0 bridgehead atoms. The molecule has 2 aromatic rings. The van der Waals surface area contributed by atoms with Gasteiger partial charge in [-0.25, -0.2) is 0 Å². The van der Waals surface area contributed by atoms with Crippen LogP contribution in [0.3, 0.4) is 0 Å². The van der Waals surface area contributed by atoms with Crippen LogP contribution in [-0.2, 0) is 23.5 Å². The fraction of sp³-hybridized carbons (Fsp3) is 0.516. The van der Waals surface area contributed by atoms with E-state index in [2.05, 4.69) is 30.6 Å². The zero-order valence-corrected chi connectivity index (χ0v) is 24.3. The maximum Gasteiger partial charge on any atom is 0.416 e. The van der Waals surface area contributed by atoms with Gasteiger partial charge in [0.25, 0.3) is 5.91 Å². The number of aromatic hydroxyl groups is 1. The first-order valence-electron chi connectivity index (χ1n) is 13.9. The number of carbonyl (C=O) groups is 1. The van der Waals surface area contributed by atoms with Crippen molar-refractivity contribution in [3.8, 4) is 17.6 Å². The fourth-order valence-corrected chi connectivity index (χ4v) is 5.31. The van der Waals surface area contributed by atoms with Crippen LogP contribution in [0.4, 0.5) is 26.3 Å². The van der Waals surface area contributed by atoms with Crippen molar-refractivity contribution in [2.24, 2.45) is 0 Å². The zero-order chi connectivity index (χ0) is 31.6. The molecular formula is C31H35F6N3O3. The third kappa shape index (κ3) is 8.22. The van der Waals surface area contributed by atoms with Gasteiger partial charge < -0.3 is 14.7 Å². The molecule has 4 rings (SSSR count). The predicted molar refractivity (Wildman–Crippen MR) is 149 cm³/mol. The molecule has 0 aliphatic carbocycles. The van der Waals surface area contributed by atoms with E-state index in [1.807, 2.05) is 4.90 Å². The van der Waals surface area contributed by atoms with Crippen LogP contribution in [0, 0.1) is 18.8 Å². The van der Waals surface area contributed by atoms with Gasteiger partial charge in [0, 0.05) is 43.3 Å². The molecule has 0 radical (unpaired) electrons. The maximum atomic E-state index is 13.6. The Balaban J connectivity index is 1.56. The Morgan fingerprint density at radius 1 is 0.977 bits per heavy atom. The van der Waals surface area contributed by atoms with Crippen molar-refractivity contribution < 1.29 is 41.0 Å². The zero-order valence-electron chi connectivity index (χ0n) is 24.3. The van der Waals surface area contributed by atoms with E-state index in [1.165, 1.54) is 4.90 Å². The third-order valence-corrected chi connectivity index (χ3v) is 7.92. The number of nitrogens with zero attached hydrogens (tertiary/aromatic N) is 3. The van der Waals surface area contributed by atoms with E-state index in [-0.39, 0.29) is 30.3 Å². The number of hydrogen-bond donors (Lipinski definition) is 1. The molecule has 2 heterocycles. The lowest BCUT2D eigenvalue weighted by Crippen LogP contribution is -2.56. The molecule has 1 N–H and O–H groups in total. The monoisotopic (exact) mass is 611 g/mol. The molecule has 2 saturated heterocycles. The first-order valence-corrected chi connectivity index (χ1v) is 13.9. The van der Waals surface area contributed by atoms with Gasteiger partial charge in [0.15, 0.2) is 0 Å². The fourth-order valence-electron chi connectivity index (χ4n) is 5.31. The highest BCUT2D eigenvalue weighted by Gasteiger charge is 2.39. The summed E-state index contributed by atoms with van der Waals surface area (Å²) in [6.07, 6.45) is -9.90. The number of halogens is 6. The number of hydrogen-bond acceptors (Lipinski definition) is 5. The van der Waals surface area contributed by atoms with Crippen molar-refractivity contribution in [1.82, 2.24) is 14.7 Å². The van der Waals surface area contributed by atoms with Gasteiger partial charge in [0.05, 0.1) is 37.4 Å². The van der Waals surface area contributed by atoms with E-state index in [1.54, 1.807) is 25.1 Å². The van der Waals surface area contributed by atoms with Crippen molar-refractivity contribution in [2.45, 2.75) is 51.1 Å². The van der Waals surface area contributed by atoms with E-state index < -0.39 is 41.0 Å². The molecule has 0 saturated carbocycles. The second-order valence-electron chi connectivity index (χ2n) is 11.6. The average Bonchev–Trinajstić information content (AvgIpc) is 2.92. The predicted octanol–water partition coefficient (Wildman–Crippen LogP) is 5.22. The lowest BCUT2D eigenvalue weighted by Gasteiger charge is -2.41. The smallest absolute Gasteiger partial charge is 0.416 e. The van der Waals surface area contributed by atoms with Crippen molar-refractivity contribution in [3.63, 3.8) is 0 Å². The van der Waals surface area contributed by atoms with Gasteiger partial charge in [-0.2, -0.15) is 26.3 Å². The number of amides is 1. The van der Waals surface area contributed by atoms with Crippen LogP contribution in [0.2, 0.25) is 0 Å². The molecule has 43 heavy (non-hydrogen) atoms. The molecule has 0 aromatic heterocycles. The maximum absolute atomic E-state index is 13.6. The minimum Gasteiger partial charge on any atom is -0.508 e. The quantitative estimate of drug-likeness (QED) is 0.371. The van der Waals surface area contributed by atoms with Gasteiger partial charge in [0.2, 0.25) is 0 Å². The number of ether oxygens (including phenoxy) is 1. The van der Waals surface area contributed by atoms with E-state index in [0.717, 1.165) is 6.54 Å². The number of phenols is 1. The molecule has 2 fully saturated rings. The summed E-state index contributed by atoms with van der Waals surface area (Å²) in [7, 11) is 0. The number of alkyl halides is 6. The Morgan fingerprint density at radius 3 is 2.23 bits per heavy atom. The summed E-state index contributed by atoms with van der Waals surface area (Å²) in [4.78, 5) is 19.1. The van der Waals surface area contributed by atoms with Gasteiger partial charge in [0.1, 0.15) is 5.75 Å². The van der Waals surface area contributed by atoms with Crippen LogP contribution in [0.5, 0.6) is 5.75 Å². The Hall–Kier alpha value is -3.27. The topological polar surface area (TPSA) is 56.2 Å². The first-order chi connectivity index (χ1) is 20.0. The molecule has 12 heteroatoms. The standard InChI is InChI=1S/C31H35F6N3O3/c1-21-6-7-22(15-27(21)41)14-26-19-38(8-4-5-9-39-12-13-43-20-29(39,2)3)10-11-40(26)28(42)23-16-24(30(32,33)34)18-25(17-23)31(35,36)37/h6-7,15-18,26,41H,8-14,19-20H2,1-3H3. The molecule has 1 atom stereocenters. The van der Waals surface area contributed by atoms with Crippen LogP contribution in [-0.4, -0.2) is 89.8 Å². The van der Waals surface area contributed by atoms with Crippen molar-refractivity contribution in [3.05, 3.63) is 64.2 Å². The highest BCUT2D eigenvalue weighted by Crippen LogP contribution is 2.37. The largest absolute Gasteiger partial charge is 0.508 e. The summed E-state index contributed by atoms with van der Waals surface area (Å²) in [5, 5.41) is 10.2. The molecule has 2 aliphatic rings. The molecule has 6 nitrogen and oxygen atoms in total. The number of aryl methyl sites for hydroxylation is 1. The van der Waals surface area contributed by atoms with E-state index in [0.29, 0.717) is 62.7 Å². The normalized spacial score (nSPS) is 20.0. The number of carbonyl (C=O) groups excluding carboxylic acids is 1. The summed E-state index contributed by atoms with van der Waals surface area (Å²) in [5.74, 6) is 5.48. The summed E-state index contributed by atoms with van der Waals surface area (Å²) >= 11 is 0. The van der Waals surface area contributed by atoms with E-state index in [4.69, 9.17) is 4.74 Å². The van der Waals surface area contributed by atoms with Crippen LogP contribution in [0.15, 0.2) is 36.4 Å². The highest BCUT2D eigenvalue weighted by molar-refractivity contribution is 5.95. The van der Waals surface area contributed by atoms with Crippen LogP contribution >= 0.6 is 0 Å². The van der Waals surface area contributed by atoms with E-state index >= 15 is 0 Å². The van der Waals surface area contributed by atoms with Gasteiger partial charge in [-0.15, -0.1) is 0 Å². The summed E-state index contributed by atoms with van der Waals surface area (Å²) < 4.78 is 86.5. The van der Waals surface area contributed by atoms with Gasteiger partial charge in [-0.1, -0.05) is 24.0 Å². The van der Waals surface area contributed by atoms with Crippen LogP contribution in [0.25, 0.3) is 0 Å². The number of benzene rings is 2. The molecule has 234 valence electrons. The summed E-state index contributed by atoms with van der Waals surface area (Å²) in [6, 6.07) is 5.39. The molecule has 0 spiro atoms. The van der Waals surface area contributed by atoms with Crippen LogP contribution < -0.4 is 0 Å². The van der Waals surface area contributed by atoms with Gasteiger partial charge in [-0.3, -0.25) is 14.6 Å². The molecule has 2 aromatic carbocycles. The SMILES string of the molecule is Cc1ccc(CC2CN(CC#CCN3CCOCC3(C)C)CCN2C(=O)c2cc(C(F)(F)F)cc(C(F)(F)F)c2)cc1O. The number of piperazine rings is 1. The Labute approximate surface area is 247 Å². The Morgan fingerprint density at radius 2 is 1.63 bits per heavy atom. The number of morpholine rings is 1. The second kappa shape index (κ2) is 12.8. The number of phenolic OH excluding ortho intramolecular Hbond substituents is 1. The second-order valence-corrected chi connectivity index (χ2v) is 11.6.